The van der Waals surface area contributed by atoms with Crippen molar-refractivity contribution < 1.29 is 4.79 Å². The van der Waals surface area contributed by atoms with Gasteiger partial charge in [-0.25, -0.2) is 0 Å². The predicted molar refractivity (Wildman–Crippen MR) is 122 cm³/mol. The number of hydrogen-bond donors (Lipinski definition) is 0. The summed E-state index contributed by atoms with van der Waals surface area (Å²) in [6.07, 6.45) is 18.1. The largest absolute Gasteiger partial charge is 0.295 e. The van der Waals surface area contributed by atoms with E-state index in [4.69, 9.17) is 0 Å². The topological polar surface area (TPSA) is 17.1 Å². The molecule has 4 aliphatic rings. The number of rotatable bonds is 4. The molecule has 0 aromatic heterocycles. The van der Waals surface area contributed by atoms with Gasteiger partial charge in [0.1, 0.15) is 0 Å². The molecule has 5 atom stereocenters. The number of fused-ring (bicyclic) bond motifs is 4. The lowest BCUT2D eigenvalue weighted by atomic mass is 9.53. The van der Waals surface area contributed by atoms with E-state index in [0.29, 0.717) is 41.3 Å². The average molecular weight is 391 g/mol. The maximum atomic E-state index is 12.0. The molecule has 1 nitrogen and oxygen atoms in total. The minimum absolute atomic E-state index is 0.158. The molecule has 156 valence electrons. The van der Waals surface area contributed by atoms with Gasteiger partial charge < -0.3 is 0 Å². The first-order chi connectivity index (χ1) is 13.7. The third kappa shape index (κ3) is 3.25. The van der Waals surface area contributed by atoms with Crippen LogP contribution in [0.1, 0.15) is 73.1 Å². The second-order valence-corrected chi connectivity index (χ2v) is 10.9. The smallest absolute Gasteiger partial charge is 0.156 e. The van der Waals surface area contributed by atoms with Crippen molar-refractivity contribution in [2.24, 2.45) is 34.5 Å². The third-order valence-electron chi connectivity index (χ3n) is 8.96. The molecule has 4 rings (SSSR count). The van der Waals surface area contributed by atoms with E-state index < -0.39 is 0 Å². The van der Waals surface area contributed by atoms with Gasteiger partial charge in [0.15, 0.2) is 5.78 Å². The molecule has 1 fully saturated rings. The first-order valence-electron chi connectivity index (χ1n) is 11.7. The van der Waals surface area contributed by atoms with Gasteiger partial charge in [-0.2, -0.15) is 0 Å². The van der Waals surface area contributed by atoms with E-state index >= 15 is 0 Å². The van der Waals surface area contributed by atoms with Crippen LogP contribution < -0.4 is 0 Å². The van der Waals surface area contributed by atoms with Gasteiger partial charge in [0.25, 0.3) is 0 Å². The zero-order valence-electron chi connectivity index (χ0n) is 19.1. The highest BCUT2D eigenvalue weighted by atomic mass is 16.1. The van der Waals surface area contributed by atoms with Crippen LogP contribution in [0, 0.1) is 34.5 Å². The van der Waals surface area contributed by atoms with Crippen molar-refractivity contribution in [3.8, 4) is 0 Å². The number of ketones is 1. The first kappa shape index (κ1) is 20.6. The lowest BCUT2D eigenvalue weighted by Crippen LogP contribution is -2.41. The van der Waals surface area contributed by atoms with Crippen molar-refractivity contribution in [1.82, 2.24) is 0 Å². The van der Waals surface area contributed by atoms with Gasteiger partial charge in [-0.05, 0) is 83.8 Å². The van der Waals surface area contributed by atoms with Crippen molar-refractivity contribution >= 4 is 5.78 Å². The van der Waals surface area contributed by atoms with Gasteiger partial charge >= 0.3 is 0 Å². The van der Waals surface area contributed by atoms with Crippen molar-refractivity contribution in [2.75, 3.05) is 0 Å². The Labute approximate surface area is 177 Å². The summed E-state index contributed by atoms with van der Waals surface area (Å²) < 4.78 is 0. The van der Waals surface area contributed by atoms with Crippen molar-refractivity contribution in [2.45, 2.75) is 73.1 Å². The fourth-order valence-electron chi connectivity index (χ4n) is 6.80. The molecule has 0 unspecified atom stereocenters. The SMILES string of the molecule is C=C(/C=C/[C@@H](C)[C@H]1CCC2=C3C=CC4=CC(=O)CC[C@]4(C)[C@H]3CC[C@@]21C)C(C)C. The van der Waals surface area contributed by atoms with Crippen LogP contribution in [-0.4, -0.2) is 5.78 Å². The van der Waals surface area contributed by atoms with Gasteiger partial charge in [-0.3, -0.25) is 4.79 Å². The monoisotopic (exact) mass is 390 g/mol. The molecule has 0 aromatic carbocycles. The number of carbonyl (C=O) groups is 1. The second-order valence-electron chi connectivity index (χ2n) is 10.9. The molecule has 1 heteroatoms. The quantitative estimate of drug-likeness (QED) is 0.458. The molecular formula is C28H38O. The van der Waals surface area contributed by atoms with E-state index in [0.717, 1.165) is 6.42 Å². The normalized spacial score (nSPS) is 37.4. The van der Waals surface area contributed by atoms with E-state index in [9.17, 15) is 4.79 Å². The molecule has 0 heterocycles. The van der Waals surface area contributed by atoms with Gasteiger partial charge in [-0.15, -0.1) is 0 Å². The number of hydrogen-bond acceptors (Lipinski definition) is 1. The lowest BCUT2D eigenvalue weighted by molar-refractivity contribution is -0.116. The predicted octanol–water partition coefficient (Wildman–Crippen LogP) is 7.38. The molecular weight excluding hydrogens is 352 g/mol. The van der Waals surface area contributed by atoms with Crippen LogP contribution in [0.3, 0.4) is 0 Å². The molecule has 4 aliphatic carbocycles. The van der Waals surface area contributed by atoms with Gasteiger partial charge in [0.2, 0.25) is 0 Å². The second kappa shape index (κ2) is 7.25. The maximum absolute atomic E-state index is 12.0. The van der Waals surface area contributed by atoms with Crippen LogP contribution in [0.4, 0.5) is 0 Å². The Balaban J connectivity index is 1.66. The maximum Gasteiger partial charge on any atom is 0.156 e. The highest BCUT2D eigenvalue weighted by Gasteiger charge is 2.53. The molecule has 1 saturated carbocycles. The highest BCUT2D eigenvalue weighted by molar-refractivity contribution is 5.92. The Morgan fingerprint density at radius 2 is 1.86 bits per heavy atom. The molecule has 0 radical (unpaired) electrons. The molecule has 0 aliphatic heterocycles. The third-order valence-corrected chi connectivity index (χ3v) is 8.96. The molecule has 0 spiro atoms. The molecule has 29 heavy (non-hydrogen) atoms. The van der Waals surface area contributed by atoms with Crippen LogP contribution >= 0.6 is 0 Å². The van der Waals surface area contributed by atoms with Crippen LogP contribution in [0.25, 0.3) is 0 Å². The summed E-state index contributed by atoms with van der Waals surface area (Å²) in [5, 5.41) is 0. The highest BCUT2D eigenvalue weighted by Crippen LogP contribution is 2.63. The summed E-state index contributed by atoms with van der Waals surface area (Å²) >= 11 is 0. The lowest BCUT2D eigenvalue weighted by Gasteiger charge is -2.51. The summed E-state index contributed by atoms with van der Waals surface area (Å²) in [5.74, 6) is 2.72. The van der Waals surface area contributed by atoms with Crippen LogP contribution in [0.15, 0.2) is 59.3 Å². The molecule has 0 saturated heterocycles. The van der Waals surface area contributed by atoms with E-state index in [2.05, 4.69) is 65.5 Å². The number of carbonyl (C=O) groups excluding carboxylic acids is 1. The summed E-state index contributed by atoms with van der Waals surface area (Å²) in [4.78, 5) is 12.0. The van der Waals surface area contributed by atoms with E-state index in [1.807, 2.05) is 6.08 Å². The van der Waals surface area contributed by atoms with Crippen molar-refractivity contribution in [3.63, 3.8) is 0 Å². The Morgan fingerprint density at radius 3 is 2.59 bits per heavy atom. The van der Waals surface area contributed by atoms with Gasteiger partial charge in [0.05, 0.1) is 0 Å². The van der Waals surface area contributed by atoms with E-state index in [1.54, 1.807) is 11.1 Å². The van der Waals surface area contributed by atoms with Crippen LogP contribution in [0.2, 0.25) is 0 Å². The molecule has 0 bridgehead atoms. The van der Waals surface area contributed by atoms with Crippen molar-refractivity contribution in [3.05, 3.63) is 59.3 Å². The van der Waals surface area contributed by atoms with Crippen LogP contribution in [0.5, 0.6) is 0 Å². The summed E-state index contributed by atoms with van der Waals surface area (Å²) in [5.41, 5.74) is 6.35. The fraction of sp³-hybridized carbons (Fsp3) is 0.607. The standard InChI is InChI=1S/C28H38O/c1-18(2)19(3)7-8-20(4)24-11-12-25-23-10-9-21-17-22(29)13-15-27(21,5)26(23)14-16-28(24,25)6/h7-10,17-18,20,24,26H,3,11-16H2,1-2,4-6H3/b8-7+/t20-,24-,26+,27+,28-/m1/s1. The van der Waals surface area contributed by atoms with Gasteiger partial charge in [-0.1, -0.05) is 76.6 Å². The Hall–Kier alpha value is -1.63. The average Bonchev–Trinajstić information content (AvgIpc) is 3.03. The van der Waals surface area contributed by atoms with Crippen molar-refractivity contribution in [1.29, 1.82) is 0 Å². The zero-order valence-corrected chi connectivity index (χ0v) is 19.1. The zero-order chi connectivity index (χ0) is 21.0. The minimum Gasteiger partial charge on any atom is -0.295 e. The molecule has 0 aromatic rings. The Kier molecular flexibility index (Phi) is 5.16. The first-order valence-corrected chi connectivity index (χ1v) is 11.7. The Bertz CT molecular complexity index is 848. The van der Waals surface area contributed by atoms with E-state index in [1.165, 1.54) is 36.8 Å². The van der Waals surface area contributed by atoms with E-state index in [-0.39, 0.29) is 5.41 Å². The fourth-order valence-corrected chi connectivity index (χ4v) is 6.80. The number of allylic oxidation sites excluding steroid dienone is 9. The molecule has 0 amide bonds. The van der Waals surface area contributed by atoms with Crippen LogP contribution in [-0.2, 0) is 4.79 Å². The summed E-state index contributed by atoms with van der Waals surface area (Å²) in [7, 11) is 0. The Morgan fingerprint density at radius 1 is 1.10 bits per heavy atom. The molecule has 0 N–H and O–H groups in total. The minimum atomic E-state index is 0.158. The van der Waals surface area contributed by atoms with Gasteiger partial charge in [0, 0.05) is 6.42 Å². The summed E-state index contributed by atoms with van der Waals surface area (Å²) in [6.45, 7) is 16.0. The summed E-state index contributed by atoms with van der Waals surface area (Å²) in [6, 6.07) is 0.